The van der Waals surface area contributed by atoms with E-state index in [-0.39, 0.29) is 16.7 Å². The molecule has 16 heavy (non-hydrogen) atoms. The Morgan fingerprint density at radius 1 is 1.06 bits per heavy atom. The quantitative estimate of drug-likeness (QED) is 0.654. The van der Waals surface area contributed by atoms with Gasteiger partial charge < -0.3 is 0 Å². The van der Waals surface area contributed by atoms with Crippen molar-refractivity contribution in [2.24, 2.45) is 16.7 Å². The van der Waals surface area contributed by atoms with Crippen LogP contribution in [-0.4, -0.2) is 28.4 Å². The molecule has 0 aliphatic heterocycles. The lowest BCUT2D eigenvalue weighted by Gasteiger charge is -2.40. The molecule has 0 N–H and O–H groups in total. The minimum Gasteiger partial charge on any atom is -0.126 e. The summed E-state index contributed by atoms with van der Waals surface area (Å²) in [6.45, 7) is 0. The molecule has 0 spiro atoms. The maximum absolute atomic E-state index is 6.39. The first-order valence-corrected chi connectivity index (χ1v) is 7.70. The third kappa shape index (κ3) is 1.38. The molecule has 0 heterocycles. The van der Waals surface area contributed by atoms with Crippen molar-refractivity contribution in [3.63, 3.8) is 0 Å². The van der Waals surface area contributed by atoms with Crippen LogP contribution in [0.5, 0.6) is 0 Å². The molecule has 6 heteroatoms. The maximum atomic E-state index is 6.39. The third-order valence-electron chi connectivity index (χ3n) is 4.00. The van der Waals surface area contributed by atoms with Gasteiger partial charge in [0.2, 0.25) is 0 Å². The van der Waals surface area contributed by atoms with Gasteiger partial charge in [0.25, 0.3) is 0 Å². The van der Waals surface area contributed by atoms with E-state index in [0.717, 1.165) is 0 Å². The van der Waals surface area contributed by atoms with Crippen molar-refractivity contribution in [1.29, 1.82) is 0 Å². The molecule has 1 fully saturated rings. The molecule has 1 saturated carbocycles. The second-order valence-corrected chi connectivity index (χ2v) is 6.66. The molecule has 4 unspecified atom stereocenters. The number of rotatable bonds is 3. The predicted molar refractivity (Wildman–Crippen MR) is 73.7 cm³/mol. The van der Waals surface area contributed by atoms with Crippen LogP contribution in [0.15, 0.2) is 11.1 Å². The van der Waals surface area contributed by atoms with Crippen molar-refractivity contribution < 1.29 is 0 Å². The van der Waals surface area contributed by atoms with Gasteiger partial charge in [0, 0.05) is 39.4 Å². The Kier molecular flexibility index (Phi) is 3.95. The van der Waals surface area contributed by atoms with Crippen molar-refractivity contribution in [2.45, 2.75) is 10.8 Å². The molecule has 0 radical (unpaired) electrons. The fourth-order valence-corrected chi connectivity index (χ4v) is 6.41. The Labute approximate surface area is 125 Å². The van der Waals surface area contributed by atoms with Gasteiger partial charge in [-0.2, -0.15) is 0 Å². The highest BCUT2D eigenvalue weighted by atomic mass is 35.5. The Morgan fingerprint density at radius 3 is 2.00 bits per heavy atom. The van der Waals surface area contributed by atoms with Crippen molar-refractivity contribution in [3.05, 3.63) is 11.1 Å². The molecule has 2 aliphatic rings. The highest BCUT2D eigenvalue weighted by molar-refractivity contribution is 6.37. The Bertz CT molecular complexity index is 323. The van der Waals surface area contributed by atoms with E-state index in [0.29, 0.717) is 22.7 Å². The fourth-order valence-electron chi connectivity index (χ4n) is 2.99. The molecule has 0 nitrogen and oxygen atoms in total. The number of fused-ring (bicyclic) bond motifs is 2. The lowest BCUT2D eigenvalue weighted by molar-refractivity contribution is 0.197. The second kappa shape index (κ2) is 4.54. The summed E-state index contributed by atoms with van der Waals surface area (Å²) >= 11 is 37.2. The largest absolute Gasteiger partial charge is 0.126 e. The number of alkyl halides is 5. The fraction of sp³-hybridized carbons (Fsp3) is 0.800. The zero-order chi connectivity index (χ0) is 12.1. The average molecular weight is 343 g/mol. The van der Waals surface area contributed by atoms with E-state index in [1.165, 1.54) is 0 Å². The number of halogens is 6. The van der Waals surface area contributed by atoms with Gasteiger partial charge in [0.15, 0.2) is 0 Å². The second-order valence-electron chi connectivity index (χ2n) is 4.45. The van der Waals surface area contributed by atoms with Crippen LogP contribution >= 0.6 is 69.6 Å². The van der Waals surface area contributed by atoms with Crippen LogP contribution in [0.25, 0.3) is 0 Å². The van der Waals surface area contributed by atoms with E-state index in [4.69, 9.17) is 69.6 Å². The molecule has 92 valence electrons. The van der Waals surface area contributed by atoms with E-state index in [1.54, 1.807) is 0 Å². The summed E-state index contributed by atoms with van der Waals surface area (Å²) in [5, 5.41) is 0.144. The van der Waals surface area contributed by atoms with Crippen LogP contribution in [0.1, 0.15) is 0 Å². The molecular weight excluding hydrogens is 333 g/mol. The van der Waals surface area contributed by atoms with Gasteiger partial charge in [0.1, 0.15) is 0 Å². The van der Waals surface area contributed by atoms with E-state index in [1.807, 2.05) is 6.08 Å². The normalized spacial score (nSPS) is 44.9. The van der Waals surface area contributed by atoms with Gasteiger partial charge in [-0.15, -0.1) is 58.0 Å². The standard InChI is InChI=1S/C10H10Cl6/c11-2-9-1-5(14)6(7(15)8(9)16)10(9,3-12)4-13/h1,6-8H,2-4H2. The van der Waals surface area contributed by atoms with Crippen LogP contribution in [0.2, 0.25) is 0 Å². The zero-order valence-electron chi connectivity index (χ0n) is 8.20. The molecule has 0 aromatic rings. The first kappa shape index (κ1) is 13.9. The minimum absolute atomic E-state index is 0.0907. The first-order valence-electron chi connectivity index (χ1n) is 4.85. The van der Waals surface area contributed by atoms with Gasteiger partial charge in [-0.25, -0.2) is 0 Å². The topological polar surface area (TPSA) is 0 Å². The smallest absolute Gasteiger partial charge is 0.0615 e. The van der Waals surface area contributed by atoms with Crippen LogP contribution in [0, 0.1) is 16.7 Å². The monoisotopic (exact) mass is 340 g/mol. The van der Waals surface area contributed by atoms with Crippen LogP contribution in [0.4, 0.5) is 0 Å². The van der Waals surface area contributed by atoms with Gasteiger partial charge in [-0.05, 0) is 0 Å². The molecule has 2 rings (SSSR count). The maximum Gasteiger partial charge on any atom is 0.0615 e. The minimum atomic E-state index is -0.492. The summed E-state index contributed by atoms with van der Waals surface area (Å²) in [6, 6.07) is 0. The molecule has 2 aliphatic carbocycles. The summed E-state index contributed by atoms with van der Waals surface area (Å²) in [7, 11) is 0. The Hall–Kier alpha value is 1.48. The molecule has 2 bridgehead atoms. The van der Waals surface area contributed by atoms with E-state index in [9.17, 15) is 0 Å². The van der Waals surface area contributed by atoms with Crippen LogP contribution < -0.4 is 0 Å². The Morgan fingerprint density at radius 2 is 1.62 bits per heavy atom. The van der Waals surface area contributed by atoms with Crippen LogP contribution in [-0.2, 0) is 0 Å². The van der Waals surface area contributed by atoms with E-state index in [2.05, 4.69) is 0 Å². The molecule has 0 aromatic carbocycles. The number of allylic oxidation sites excluding steroid dienone is 2. The summed E-state index contributed by atoms with van der Waals surface area (Å²) in [6.07, 6.45) is 1.91. The lowest BCUT2D eigenvalue weighted by atomic mass is 9.70. The molecular formula is C10H10Cl6. The summed E-state index contributed by atoms with van der Waals surface area (Å²) in [5.41, 5.74) is -0.915. The van der Waals surface area contributed by atoms with Gasteiger partial charge >= 0.3 is 0 Å². The van der Waals surface area contributed by atoms with Crippen molar-refractivity contribution in [3.8, 4) is 0 Å². The summed E-state index contributed by atoms with van der Waals surface area (Å²) in [4.78, 5) is 0. The third-order valence-corrected chi connectivity index (χ3v) is 7.04. The van der Waals surface area contributed by atoms with Crippen molar-refractivity contribution in [1.82, 2.24) is 0 Å². The molecule has 0 aromatic heterocycles. The zero-order valence-corrected chi connectivity index (χ0v) is 12.7. The van der Waals surface area contributed by atoms with E-state index < -0.39 is 10.8 Å². The van der Waals surface area contributed by atoms with Crippen molar-refractivity contribution in [2.75, 3.05) is 17.6 Å². The molecule has 0 amide bonds. The van der Waals surface area contributed by atoms with Crippen LogP contribution in [0.3, 0.4) is 0 Å². The number of hydrogen-bond donors (Lipinski definition) is 0. The SMILES string of the molecule is ClCC12C=C(Cl)C(C(Cl)C1Cl)C2(CCl)CCl. The Balaban J connectivity index is 2.59. The van der Waals surface area contributed by atoms with Gasteiger partial charge in [-0.1, -0.05) is 17.7 Å². The van der Waals surface area contributed by atoms with E-state index >= 15 is 0 Å². The highest BCUT2D eigenvalue weighted by Crippen LogP contribution is 2.69. The average Bonchev–Trinajstić information content (AvgIpc) is 2.65. The molecule has 4 atom stereocenters. The summed E-state index contributed by atoms with van der Waals surface area (Å²) in [5.74, 6) is 0.948. The molecule has 0 saturated heterocycles. The number of hydrogen-bond acceptors (Lipinski definition) is 0. The van der Waals surface area contributed by atoms with Gasteiger partial charge in [0.05, 0.1) is 10.8 Å². The predicted octanol–water partition coefficient (Wildman–Crippen LogP) is 4.66. The highest BCUT2D eigenvalue weighted by Gasteiger charge is 2.70. The lowest BCUT2D eigenvalue weighted by Crippen LogP contribution is -2.44. The van der Waals surface area contributed by atoms with Gasteiger partial charge in [-0.3, -0.25) is 0 Å². The first-order chi connectivity index (χ1) is 7.50. The summed E-state index contributed by atoms with van der Waals surface area (Å²) < 4.78 is 0. The van der Waals surface area contributed by atoms with Crippen molar-refractivity contribution >= 4 is 69.6 Å².